The van der Waals surface area contributed by atoms with Gasteiger partial charge in [-0.3, -0.25) is 9.59 Å². The number of benzene rings is 2. The maximum Gasteiger partial charge on any atom is 0.289 e. The van der Waals surface area contributed by atoms with Gasteiger partial charge < -0.3 is 9.32 Å². The van der Waals surface area contributed by atoms with Gasteiger partial charge in [-0.15, -0.1) is 0 Å². The Balaban J connectivity index is 1.65. The lowest BCUT2D eigenvalue weighted by atomic mass is 9.93. The third-order valence-electron chi connectivity index (χ3n) is 5.25. The van der Waals surface area contributed by atoms with Crippen LogP contribution in [0.2, 0.25) is 0 Å². The number of carbonyl (C=O) groups excluding carboxylic acids is 2. The standard InChI is InChI=1S/C23H23N3O3/c1-14-20-18(12-7-13-19(20)29-21(14)23(28)26(2)3)24-25-22(27)17-11-6-9-15-8-4-5-10-16(15)17/h4-6,8-11H,7,12-13H2,1-3H3,(H,25,27)/b24-18+. The van der Waals surface area contributed by atoms with Gasteiger partial charge in [-0.2, -0.15) is 5.10 Å². The molecule has 0 fully saturated rings. The fourth-order valence-corrected chi connectivity index (χ4v) is 3.79. The normalized spacial score (nSPS) is 14.7. The van der Waals surface area contributed by atoms with E-state index >= 15 is 0 Å². The van der Waals surface area contributed by atoms with Crippen molar-refractivity contribution < 1.29 is 14.0 Å². The van der Waals surface area contributed by atoms with Crippen LogP contribution < -0.4 is 5.43 Å². The second-order valence-electron chi connectivity index (χ2n) is 7.43. The van der Waals surface area contributed by atoms with E-state index in [4.69, 9.17) is 4.42 Å². The minimum atomic E-state index is -0.257. The SMILES string of the molecule is Cc1c(C(=O)N(C)C)oc2c1/C(=N/NC(=O)c1cccc3ccccc13)CCC2. The Morgan fingerprint density at radius 1 is 1.07 bits per heavy atom. The first-order valence-corrected chi connectivity index (χ1v) is 9.66. The highest BCUT2D eigenvalue weighted by atomic mass is 16.4. The van der Waals surface area contributed by atoms with E-state index in [1.165, 1.54) is 4.90 Å². The van der Waals surface area contributed by atoms with Gasteiger partial charge in [0.05, 0.1) is 5.71 Å². The summed E-state index contributed by atoms with van der Waals surface area (Å²) in [6, 6.07) is 13.4. The topological polar surface area (TPSA) is 74.9 Å². The Bertz CT molecular complexity index is 1140. The number of hydrogen-bond acceptors (Lipinski definition) is 4. The number of nitrogens with one attached hydrogen (secondary N) is 1. The predicted molar refractivity (Wildman–Crippen MR) is 112 cm³/mol. The molecule has 1 heterocycles. The van der Waals surface area contributed by atoms with E-state index in [-0.39, 0.29) is 11.8 Å². The molecule has 0 unspecified atom stereocenters. The van der Waals surface area contributed by atoms with E-state index in [1.54, 1.807) is 20.2 Å². The van der Waals surface area contributed by atoms with Gasteiger partial charge in [0.15, 0.2) is 5.76 Å². The summed E-state index contributed by atoms with van der Waals surface area (Å²) < 4.78 is 5.85. The molecule has 1 aliphatic rings. The number of aryl methyl sites for hydroxylation is 1. The molecule has 29 heavy (non-hydrogen) atoms. The fourth-order valence-electron chi connectivity index (χ4n) is 3.79. The van der Waals surface area contributed by atoms with Crippen LogP contribution in [0.5, 0.6) is 0 Å². The summed E-state index contributed by atoms with van der Waals surface area (Å²) >= 11 is 0. The molecular weight excluding hydrogens is 366 g/mol. The minimum Gasteiger partial charge on any atom is -0.455 e. The molecule has 0 saturated heterocycles. The van der Waals surface area contributed by atoms with Gasteiger partial charge in [-0.05, 0) is 36.6 Å². The second kappa shape index (κ2) is 7.54. The van der Waals surface area contributed by atoms with Gasteiger partial charge in [-0.25, -0.2) is 5.43 Å². The first-order valence-electron chi connectivity index (χ1n) is 9.66. The first-order chi connectivity index (χ1) is 14.0. The Hall–Kier alpha value is -3.41. The first kappa shape index (κ1) is 18.9. The van der Waals surface area contributed by atoms with Crippen molar-refractivity contribution in [3.63, 3.8) is 0 Å². The van der Waals surface area contributed by atoms with Crippen molar-refractivity contribution >= 4 is 28.3 Å². The average molecular weight is 389 g/mol. The Labute approximate surface area is 169 Å². The fraction of sp³-hybridized carbons (Fsp3) is 0.261. The third kappa shape index (κ3) is 3.42. The molecule has 0 radical (unpaired) electrons. The summed E-state index contributed by atoms with van der Waals surface area (Å²) in [7, 11) is 3.39. The zero-order valence-corrected chi connectivity index (χ0v) is 16.8. The lowest BCUT2D eigenvalue weighted by Gasteiger charge is -2.14. The molecule has 1 aliphatic carbocycles. The van der Waals surface area contributed by atoms with E-state index in [1.807, 2.05) is 43.3 Å². The molecule has 0 aliphatic heterocycles. The number of furan rings is 1. The summed E-state index contributed by atoms with van der Waals surface area (Å²) in [5.74, 6) is 0.676. The number of hydrazone groups is 1. The molecule has 0 saturated carbocycles. The smallest absolute Gasteiger partial charge is 0.289 e. The maximum atomic E-state index is 12.8. The highest BCUT2D eigenvalue weighted by Gasteiger charge is 2.28. The van der Waals surface area contributed by atoms with Gasteiger partial charge >= 0.3 is 0 Å². The van der Waals surface area contributed by atoms with Crippen molar-refractivity contribution in [1.82, 2.24) is 10.3 Å². The van der Waals surface area contributed by atoms with Crippen molar-refractivity contribution in [3.8, 4) is 0 Å². The van der Waals surface area contributed by atoms with Crippen molar-refractivity contribution in [3.05, 3.63) is 70.7 Å². The van der Waals surface area contributed by atoms with Crippen LogP contribution in [0.1, 0.15) is 50.6 Å². The van der Waals surface area contributed by atoms with Crippen molar-refractivity contribution in [2.24, 2.45) is 5.10 Å². The molecule has 6 nitrogen and oxygen atoms in total. The van der Waals surface area contributed by atoms with Crippen LogP contribution in [-0.2, 0) is 6.42 Å². The van der Waals surface area contributed by atoms with E-state index < -0.39 is 0 Å². The van der Waals surface area contributed by atoms with Crippen LogP contribution in [-0.4, -0.2) is 36.5 Å². The highest BCUT2D eigenvalue weighted by Crippen LogP contribution is 2.30. The van der Waals surface area contributed by atoms with Crippen LogP contribution in [0, 0.1) is 6.92 Å². The predicted octanol–water partition coefficient (Wildman–Crippen LogP) is 3.91. The highest BCUT2D eigenvalue weighted by molar-refractivity contribution is 6.09. The molecule has 2 aromatic carbocycles. The Morgan fingerprint density at radius 2 is 1.83 bits per heavy atom. The number of carbonyl (C=O) groups is 2. The number of amides is 2. The molecule has 3 aromatic rings. The summed E-state index contributed by atoms with van der Waals surface area (Å²) in [6.07, 6.45) is 2.34. The lowest BCUT2D eigenvalue weighted by molar-refractivity contribution is 0.0793. The lowest BCUT2D eigenvalue weighted by Crippen LogP contribution is -2.23. The van der Waals surface area contributed by atoms with Gasteiger partial charge in [-0.1, -0.05) is 36.4 Å². The monoisotopic (exact) mass is 389 g/mol. The molecule has 1 aromatic heterocycles. The largest absolute Gasteiger partial charge is 0.455 e. The van der Waals surface area contributed by atoms with Crippen LogP contribution in [0.4, 0.5) is 0 Å². The van der Waals surface area contributed by atoms with Crippen molar-refractivity contribution in [1.29, 1.82) is 0 Å². The van der Waals surface area contributed by atoms with E-state index in [9.17, 15) is 9.59 Å². The average Bonchev–Trinajstić information content (AvgIpc) is 3.08. The summed E-state index contributed by atoms with van der Waals surface area (Å²) in [6.45, 7) is 1.87. The summed E-state index contributed by atoms with van der Waals surface area (Å²) in [5.41, 5.74) is 5.65. The molecule has 6 heteroatoms. The van der Waals surface area contributed by atoms with Crippen molar-refractivity contribution in [2.75, 3.05) is 14.1 Å². The quantitative estimate of drug-likeness (QED) is 0.690. The molecule has 1 N–H and O–H groups in total. The number of rotatable bonds is 3. The van der Waals surface area contributed by atoms with E-state index in [2.05, 4.69) is 10.5 Å². The van der Waals surface area contributed by atoms with Crippen LogP contribution in [0.3, 0.4) is 0 Å². The number of nitrogens with zero attached hydrogens (tertiary/aromatic N) is 2. The van der Waals surface area contributed by atoms with Gasteiger partial charge in [0, 0.05) is 37.2 Å². The zero-order chi connectivity index (χ0) is 20.5. The van der Waals surface area contributed by atoms with Crippen molar-refractivity contribution in [2.45, 2.75) is 26.2 Å². The molecular formula is C23H23N3O3. The second-order valence-corrected chi connectivity index (χ2v) is 7.43. The number of hydrogen-bond donors (Lipinski definition) is 1. The van der Waals surface area contributed by atoms with Gasteiger partial charge in [0.25, 0.3) is 11.8 Å². The minimum absolute atomic E-state index is 0.170. The van der Waals surface area contributed by atoms with Crippen LogP contribution in [0.25, 0.3) is 10.8 Å². The molecule has 2 amide bonds. The van der Waals surface area contributed by atoms with E-state index in [0.29, 0.717) is 11.3 Å². The maximum absolute atomic E-state index is 12.8. The van der Waals surface area contributed by atoms with Gasteiger partial charge in [0.1, 0.15) is 5.76 Å². The van der Waals surface area contributed by atoms with Gasteiger partial charge in [0.2, 0.25) is 0 Å². The summed E-state index contributed by atoms with van der Waals surface area (Å²) in [4.78, 5) is 26.7. The zero-order valence-electron chi connectivity index (χ0n) is 16.8. The molecule has 0 spiro atoms. The molecule has 0 bridgehead atoms. The number of fused-ring (bicyclic) bond motifs is 2. The Kier molecular flexibility index (Phi) is 4.92. The van der Waals surface area contributed by atoms with Crippen LogP contribution >= 0.6 is 0 Å². The molecule has 148 valence electrons. The Morgan fingerprint density at radius 3 is 2.62 bits per heavy atom. The van der Waals surface area contributed by atoms with Crippen LogP contribution in [0.15, 0.2) is 52.0 Å². The van der Waals surface area contributed by atoms with E-state index in [0.717, 1.165) is 52.6 Å². The third-order valence-corrected chi connectivity index (χ3v) is 5.25. The molecule has 4 rings (SSSR count). The summed E-state index contributed by atoms with van der Waals surface area (Å²) in [5, 5.41) is 6.31. The molecule has 0 atom stereocenters.